The molecule has 0 heteroatoms. The van der Waals surface area contributed by atoms with Gasteiger partial charge in [-0.1, -0.05) is 62.3 Å². The minimum atomic E-state index is 0.249. The van der Waals surface area contributed by atoms with Gasteiger partial charge in [0.1, 0.15) is 0 Å². The number of benzene rings is 1. The summed E-state index contributed by atoms with van der Waals surface area (Å²) >= 11 is 0. The van der Waals surface area contributed by atoms with Crippen LogP contribution in [0.3, 0.4) is 0 Å². The number of rotatable bonds is 1. The van der Waals surface area contributed by atoms with E-state index < -0.39 is 0 Å². The van der Waals surface area contributed by atoms with Gasteiger partial charge in [-0.15, -0.1) is 0 Å². The van der Waals surface area contributed by atoms with Gasteiger partial charge < -0.3 is 0 Å². The zero-order valence-electron chi connectivity index (χ0n) is 13.3. The maximum atomic E-state index is 2.46. The second-order valence-electron chi connectivity index (χ2n) is 7.54. The predicted molar refractivity (Wildman–Crippen MR) is 87.1 cm³/mol. The van der Waals surface area contributed by atoms with E-state index in [0.29, 0.717) is 5.92 Å². The summed E-state index contributed by atoms with van der Waals surface area (Å²) in [5.74, 6) is 0.644. The zero-order valence-corrected chi connectivity index (χ0v) is 13.3. The molecule has 0 N–H and O–H groups in total. The highest BCUT2D eigenvalue weighted by Crippen LogP contribution is 2.44. The van der Waals surface area contributed by atoms with Crippen molar-refractivity contribution in [3.8, 4) is 0 Å². The van der Waals surface area contributed by atoms with E-state index in [1.54, 1.807) is 16.7 Å². The largest absolute Gasteiger partial charge is 0.0690 e. The van der Waals surface area contributed by atoms with E-state index in [4.69, 9.17) is 0 Å². The first kappa shape index (κ1) is 13.7. The van der Waals surface area contributed by atoms with Gasteiger partial charge in [0, 0.05) is 5.92 Å². The van der Waals surface area contributed by atoms with E-state index in [1.165, 1.54) is 36.8 Å². The van der Waals surface area contributed by atoms with Crippen molar-refractivity contribution >= 4 is 0 Å². The van der Waals surface area contributed by atoms with Gasteiger partial charge in [0.15, 0.2) is 0 Å². The molecule has 106 valence electrons. The maximum Gasteiger partial charge on any atom is 0.00891 e. The van der Waals surface area contributed by atoms with Crippen molar-refractivity contribution in [2.45, 2.75) is 64.7 Å². The summed E-state index contributed by atoms with van der Waals surface area (Å²) in [4.78, 5) is 0. The SMILES string of the molecule is CC1=CC2=C(CCCC2c2ccc(C(C)(C)C)cc2)C1. The first-order valence-corrected chi connectivity index (χ1v) is 7.94. The van der Waals surface area contributed by atoms with Crippen LogP contribution in [0.4, 0.5) is 0 Å². The van der Waals surface area contributed by atoms with Crippen LogP contribution in [0.5, 0.6) is 0 Å². The van der Waals surface area contributed by atoms with Crippen molar-refractivity contribution in [1.82, 2.24) is 0 Å². The molecule has 0 fully saturated rings. The third-order valence-corrected chi connectivity index (χ3v) is 4.83. The summed E-state index contributed by atoms with van der Waals surface area (Å²) in [5.41, 5.74) is 8.09. The molecule has 0 saturated carbocycles. The van der Waals surface area contributed by atoms with Gasteiger partial charge in [-0.25, -0.2) is 0 Å². The summed E-state index contributed by atoms with van der Waals surface area (Å²) in [6.45, 7) is 9.13. The number of hydrogen-bond donors (Lipinski definition) is 0. The highest BCUT2D eigenvalue weighted by Gasteiger charge is 2.26. The molecule has 1 aromatic carbocycles. The Kier molecular flexibility index (Phi) is 3.36. The quantitative estimate of drug-likeness (QED) is 0.594. The second-order valence-corrected chi connectivity index (χ2v) is 7.54. The summed E-state index contributed by atoms with van der Waals surface area (Å²) in [7, 11) is 0. The van der Waals surface area contributed by atoms with Crippen LogP contribution in [-0.4, -0.2) is 0 Å². The normalized spacial score (nSPS) is 22.8. The number of hydrogen-bond acceptors (Lipinski definition) is 0. The minimum absolute atomic E-state index is 0.249. The summed E-state index contributed by atoms with van der Waals surface area (Å²) < 4.78 is 0. The van der Waals surface area contributed by atoms with Gasteiger partial charge in [-0.05, 0) is 54.7 Å². The summed E-state index contributed by atoms with van der Waals surface area (Å²) in [5, 5.41) is 0. The van der Waals surface area contributed by atoms with Crippen molar-refractivity contribution in [2.24, 2.45) is 0 Å². The van der Waals surface area contributed by atoms with E-state index in [2.05, 4.69) is 58.0 Å². The van der Waals surface area contributed by atoms with E-state index in [0.717, 1.165) is 0 Å². The molecule has 1 aromatic rings. The topological polar surface area (TPSA) is 0 Å². The first-order valence-electron chi connectivity index (χ1n) is 7.94. The Morgan fingerprint density at radius 1 is 1.05 bits per heavy atom. The van der Waals surface area contributed by atoms with Crippen LogP contribution in [0.15, 0.2) is 47.1 Å². The molecule has 0 bridgehead atoms. The lowest BCUT2D eigenvalue weighted by atomic mass is 9.79. The lowest BCUT2D eigenvalue weighted by Crippen LogP contribution is -2.12. The Balaban J connectivity index is 1.91. The molecular weight excluding hydrogens is 240 g/mol. The molecule has 20 heavy (non-hydrogen) atoms. The second kappa shape index (κ2) is 4.91. The molecule has 0 spiro atoms. The Morgan fingerprint density at radius 3 is 2.40 bits per heavy atom. The van der Waals surface area contributed by atoms with Crippen molar-refractivity contribution < 1.29 is 0 Å². The van der Waals surface area contributed by atoms with Crippen LogP contribution in [0, 0.1) is 0 Å². The Labute approximate surface area is 123 Å². The van der Waals surface area contributed by atoms with Crippen molar-refractivity contribution in [2.75, 3.05) is 0 Å². The highest BCUT2D eigenvalue weighted by atomic mass is 14.3. The maximum absolute atomic E-state index is 2.46. The van der Waals surface area contributed by atoms with E-state index in [-0.39, 0.29) is 5.41 Å². The molecule has 0 saturated heterocycles. The predicted octanol–water partition coefficient (Wildman–Crippen LogP) is 5.90. The van der Waals surface area contributed by atoms with E-state index in [9.17, 15) is 0 Å². The molecule has 2 aliphatic carbocycles. The smallest absolute Gasteiger partial charge is 0.00891 e. The molecule has 0 aromatic heterocycles. The lowest BCUT2D eigenvalue weighted by Gasteiger charge is -2.26. The Bertz CT molecular complexity index is 561. The fourth-order valence-electron chi connectivity index (χ4n) is 3.67. The van der Waals surface area contributed by atoms with Crippen molar-refractivity contribution in [1.29, 1.82) is 0 Å². The lowest BCUT2D eigenvalue weighted by molar-refractivity contribution is 0.587. The molecule has 1 unspecified atom stereocenters. The van der Waals surface area contributed by atoms with Gasteiger partial charge in [-0.3, -0.25) is 0 Å². The standard InChI is InChI=1S/C20H26/c1-14-12-16-6-5-7-18(19(16)13-14)15-8-10-17(11-9-15)20(2,3)4/h8-11,13,18H,5-7,12H2,1-4H3. The Morgan fingerprint density at radius 2 is 1.75 bits per heavy atom. The highest BCUT2D eigenvalue weighted by molar-refractivity contribution is 5.47. The molecule has 0 amide bonds. The summed E-state index contributed by atoms with van der Waals surface area (Å²) in [6.07, 6.45) is 7.67. The third-order valence-electron chi connectivity index (χ3n) is 4.83. The molecule has 0 nitrogen and oxygen atoms in total. The van der Waals surface area contributed by atoms with Crippen LogP contribution < -0.4 is 0 Å². The van der Waals surface area contributed by atoms with Gasteiger partial charge in [-0.2, -0.15) is 0 Å². The minimum Gasteiger partial charge on any atom is -0.0690 e. The van der Waals surface area contributed by atoms with Gasteiger partial charge in [0.05, 0.1) is 0 Å². The van der Waals surface area contributed by atoms with Crippen molar-refractivity contribution in [3.63, 3.8) is 0 Å². The van der Waals surface area contributed by atoms with E-state index in [1.807, 2.05) is 0 Å². The summed E-state index contributed by atoms with van der Waals surface area (Å²) in [6, 6.07) is 9.39. The molecule has 0 radical (unpaired) electrons. The first-order chi connectivity index (χ1) is 9.45. The molecule has 0 heterocycles. The molecule has 1 atom stereocenters. The van der Waals surface area contributed by atoms with Gasteiger partial charge >= 0.3 is 0 Å². The van der Waals surface area contributed by atoms with Gasteiger partial charge in [0.25, 0.3) is 0 Å². The monoisotopic (exact) mass is 266 g/mol. The van der Waals surface area contributed by atoms with Crippen LogP contribution in [-0.2, 0) is 5.41 Å². The van der Waals surface area contributed by atoms with Crippen LogP contribution in [0.25, 0.3) is 0 Å². The average molecular weight is 266 g/mol. The average Bonchev–Trinajstić information content (AvgIpc) is 2.78. The van der Waals surface area contributed by atoms with Crippen LogP contribution in [0.1, 0.15) is 70.4 Å². The van der Waals surface area contributed by atoms with Crippen LogP contribution in [0.2, 0.25) is 0 Å². The Hall–Kier alpha value is -1.30. The molecule has 0 aliphatic heterocycles. The zero-order chi connectivity index (χ0) is 14.3. The fraction of sp³-hybridized carbons (Fsp3) is 0.500. The molecule has 3 rings (SSSR count). The fourth-order valence-corrected chi connectivity index (χ4v) is 3.67. The van der Waals surface area contributed by atoms with Crippen LogP contribution >= 0.6 is 0 Å². The molecular formula is C20H26. The van der Waals surface area contributed by atoms with Crippen molar-refractivity contribution in [3.05, 3.63) is 58.2 Å². The third kappa shape index (κ3) is 2.49. The molecule has 2 aliphatic rings. The number of allylic oxidation sites excluding steroid dienone is 4. The van der Waals surface area contributed by atoms with Gasteiger partial charge in [0.2, 0.25) is 0 Å². The van der Waals surface area contributed by atoms with E-state index >= 15 is 0 Å².